The van der Waals surface area contributed by atoms with Crippen molar-refractivity contribution >= 4 is 5.69 Å². The minimum atomic E-state index is 0.284. The molecular weight excluding hydrogens is 208 g/mol. The van der Waals surface area contributed by atoms with E-state index in [-0.39, 0.29) is 6.04 Å². The first-order valence-electron chi connectivity index (χ1n) is 5.69. The van der Waals surface area contributed by atoms with Crippen molar-refractivity contribution in [3.8, 4) is 6.07 Å². The second-order valence-electron chi connectivity index (χ2n) is 3.89. The predicted molar refractivity (Wildman–Crippen MR) is 73.0 cm³/mol. The van der Waals surface area contributed by atoms with Gasteiger partial charge in [0, 0.05) is 12.7 Å². The molecule has 0 saturated heterocycles. The molecule has 2 nitrogen and oxygen atoms in total. The van der Waals surface area contributed by atoms with Gasteiger partial charge >= 0.3 is 0 Å². The van der Waals surface area contributed by atoms with Gasteiger partial charge in [-0.3, -0.25) is 0 Å². The van der Waals surface area contributed by atoms with Crippen molar-refractivity contribution in [2.24, 2.45) is 0 Å². The number of likely N-dealkylation sites (N-methyl/N-ethyl adjacent to an activating group) is 1. The number of nitrogens with zero attached hydrogens (tertiary/aromatic N) is 2. The maximum Gasteiger partial charge on any atom is 0.0992 e. The van der Waals surface area contributed by atoms with Crippen LogP contribution in [0.1, 0.15) is 18.9 Å². The third-order valence-electron chi connectivity index (χ3n) is 2.70. The zero-order chi connectivity index (χ0) is 12.7. The largest absolute Gasteiger partial charge is 0.368 e. The highest BCUT2D eigenvalue weighted by atomic mass is 15.1. The van der Waals surface area contributed by atoms with E-state index < -0.39 is 0 Å². The lowest BCUT2D eigenvalue weighted by Crippen LogP contribution is -2.29. The Balaban J connectivity index is 2.96. The lowest BCUT2D eigenvalue weighted by molar-refractivity contribution is 0.759. The number of rotatable bonds is 5. The van der Waals surface area contributed by atoms with Crippen LogP contribution in [0.5, 0.6) is 0 Å². The van der Waals surface area contributed by atoms with E-state index in [1.165, 1.54) is 0 Å². The first kappa shape index (κ1) is 13.1. The average molecular weight is 226 g/mol. The fourth-order valence-corrected chi connectivity index (χ4v) is 1.75. The third kappa shape index (κ3) is 3.49. The molecular formula is C15H18N2. The number of allylic oxidation sites excluding steroid dienone is 1. The summed E-state index contributed by atoms with van der Waals surface area (Å²) < 4.78 is 0. The summed E-state index contributed by atoms with van der Waals surface area (Å²) in [7, 11) is 2.03. The van der Waals surface area contributed by atoms with Crippen LogP contribution in [-0.2, 0) is 0 Å². The van der Waals surface area contributed by atoms with E-state index in [0.29, 0.717) is 5.56 Å². The summed E-state index contributed by atoms with van der Waals surface area (Å²) in [6.07, 6.45) is 6.98. The van der Waals surface area contributed by atoms with Crippen molar-refractivity contribution in [3.63, 3.8) is 0 Å². The Morgan fingerprint density at radius 3 is 2.88 bits per heavy atom. The lowest BCUT2D eigenvalue weighted by Gasteiger charge is -2.27. The maximum atomic E-state index is 8.89. The minimum Gasteiger partial charge on any atom is -0.368 e. The van der Waals surface area contributed by atoms with Gasteiger partial charge in [0.2, 0.25) is 0 Å². The van der Waals surface area contributed by atoms with Gasteiger partial charge in [0.1, 0.15) is 0 Å². The normalized spacial score (nSPS) is 12.1. The first-order chi connectivity index (χ1) is 8.22. The van der Waals surface area contributed by atoms with E-state index in [0.717, 1.165) is 12.1 Å². The summed E-state index contributed by atoms with van der Waals surface area (Å²) in [6, 6.07) is 10.1. The molecule has 0 aliphatic rings. The molecule has 0 aliphatic heterocycles. The number of hydrogen-bond acceptors (Lipinski definition) is 2. The molecule has 1 aromatic rings. The molecule has 1 rings (SSSR count). The highest BCUT2D eigenvalue weighted by Crippen LogP contribution is 2.19. The molecule has 17 heavy (non-hydrogen) atoms. The summed E-state index contributed by atoms with van der Waals surface area (Å²) in [5.41, 5.74) is 1.74. The Bertz CT molecular complexity index is 440. The molecule has 0 saturated carbocycles. The van der Waals surface area contributed by atoms with Gasteiger partial charge in [-0.2, -0.15) is 5.26 Å². The standard InChI is InChI=1S/C15H18N2/c1-4-7-14(8-5-2)17(3)15-10-6-9-13(11-15)12-16/h4-6,8-11,14H,1,7H2,2-3H3/b8-5-. The Labute approximate surface area is 103 Å². The monoisotopic (exact) mass is 226 g/mol. The van der Waals surface area contributed by atoms with E-state index in [1.54, 1.807) is 0 Å². The summed E-state index contributed by atoms with van der Waals surface area (Å²) in [4.78, 5) is 2.16. The van der Waals surface area contributed by atoms with Crippen molar-refractivity contribution in [2.45, 2.75) is 19.4 Å². The summed E-state index contributed by atoms with van der Waals surface area (Å²) >= 11 is 0. The molecule has 1 unspecified atom stereocenters. The Morgan fingerprint density at radius 2 is 2.29 bits per heavy atom. The number of nitriles is 1. The Kier molecular flexibility index (Phi) is 5.03. The fourth-order valence-electron chi connectivity index (χ4n) is 1.75. The van der Waals surface area contributed by atoms with Gasteiger partial charge < -0.3 is 4.90 Å². The van der Waals surface area contributed by atoms with E-state index >= 15 is 0 Å². The van der Waals surface area contributed by atoms with Gasteiger partial charge in [-0.1, -0.05) is 24.3 Å². The molecule has 0 radical (unpaired) electrons. The highest BCUT2D eigenvalue weighted by Gasteiger charge is 2.10. The number of anilines is 1. The van der Waals surface area contributed by atoms with Crippen LogP contribution in [0.3, 0.4) is 0 Å². The molecule has 1 aromatic carbocycles. The topological polar surface area (TPSA) is 27.0 Å². The second kappa shape index (κ2) is 6.55. The Hall–Kier alpha value is -2.01. The van der Waals surface area contributed by atoms with Crippen LogP contribution in [0.15, 0.2) is 49.1 Å². The zero-order valence-corrected chi connectivity index (χ0v) is 10.4. The lowest BCUT2D eigenvalue weighted by atomic mass is 10.1. The number of hydrogen-bond donors (Lipinski definition) is 0. The van der Waals surface area contributed by atoms with Gasteiger partial charge in [-0.05, 0) is 31.5 Å². The second-order valence-corrected chi connectivity index (χ2v) is 3.89. The van der Waals surface area contributed by atoms with Gasteiger partial charge in [-0.25, -0.2) is 0 Å². The van der Waals surface area contributed by atoms with Crippen molar-refractivity contribution in [1.82, 2.24) is 0 Å². The molecule has 0 aliphatic carbocycles. The van der Waals surface area contributed by atoms with Crippen LogP contribution in [0.2, 0.25) is 0 Å². The van der Waals surface area contributed by atoms with Crippen molar-refractivity contribution in [2.75, 3.05) is 11.9 Å². The minimum absolute atomic E-state index is 0.284. The Morgan fingerprint density at radius 1 is 1.53 bits per heavy atom. The van der Waals surface area contributed by atoms with Crippen LogP contribution in [-0.4, -0.2) is 13.1 Å². The van der Waals surface area contributed by atoms with Crippen molar-refractivity contribution in [1.29, 1.82) is 5.26 Å². The molecule has 2 heteroatoms. The molecule has 88 valence electrons. The molecule has 0 N–H and O–H groups in total. The summed E-state index contributed by atoms with van der Waals surface area (Å²) in [5, 5.41) is 8.89. The maximum absolute atomic E-state index is 8.89. The molecule has 0 aromatic heterocycles. The van der Waals surface area contributed by atoms with Crippen molar-refractivity contribution in [3.05, 3.63) is 54.6 Å². The smallest absolute Gasteiger partial charge is 0.0992 e. The molecule has 0 amide bonds. The van der Waals surface area contributed by atoms with Crippen LogP contribution in [0.4, 0.5) is 5.69 Å². The van der Waals surface area contributed by atoms with E-state index in [2.05, 4.69) is 23.6 Å². The van der Waals surface area contributed by atoms with Crippen LogP contribution in [0, 0.1) is 11.3 Å². The quantitative estimate of drug-likeness (QED) is 0.718. The molecule has 1 atom stereocenters. The van der Waals surface area contributed by atoms with Gasteiger partial charge in [0.25, 0.3) is 0 Å². The molecule has 0 heterocycles. The van der Waals surface area contributed by atoms with E-state index in [4.69, 9.17) is 5.26 Å². The molecule has 0 bridgehead atoms. The van der Waals surface area contributed by atoms with Crippen LogP contribution >= 0.6 is 0 Å². The fraction of sp³-hybridized carbons (Fsp3) is 0.267. The average Bonchev–Trinajstić information content (AvgIpc) is 2.38. The molecule has 0 fully saturated rings. The first-order valence-corrected chi connectivity index (χ1v) is 5.69. The van der Waals surface area contributed by atoms with E-state index in [9.17, 15) is 0 Å². The third-order valence-corrected chi connectivity index (χ3v) is 2.70. The molecule has 0 spiro atoms. The van der Waals surface area contributed by atoms with Gasteiger partial charge in [0.15, 0.2) is 0 Å². The van der Waals surface area contributed by atoms with Crippen LogP contribution in [0.25, 0.3) is 0 Å². The highest BCUT2D eigenvalue weighted by molar-refractivity contribution is 5.52. The van der Waals surface area contributed by atoms with Gasteiger partial charge in [-0.15, -0.1) is 6.58 Å². The number of benzene rings is 1. The summed E-state index contributed by atoms with van der Waals surface area (Å²) in [5.74, 6) is 0. The SMILES string of the molecule is C=CCC(/C=C\C)N(C)c1cccc(C#N)c1. The zero-order valence-electron chi connectivity index (χ0n) is 10.4. The van der Waals surface area contributed by atoms with E-state index in [1.807, 2.05) is 50.4 Å². The van der Waals surface area contributed by atoms with Crippen LogP contribution < -0.4 is 4.90 Å². The van der Waals surface area contributed by atoms with Crippen molar-refractivity contribution < 1.29 is 0 Å². The predicted octanol–water partition coefficient (Wildman–Crippen LogP) is 3.52. The summed E-state index contributed by atoms with van der Waals surface area (Å²) in [6.45, 7) is 5.79. The van der Waals surface area contributed by atoms with Gasteiger partial charge in [0.05, 0.1) is 17.7 Å².